The molecule has 9 atom stereocenters. The van der Waals surface area contributed by atoms with Crippen molar-refractivity contribution >= 4 is 45.5 Å². The molecule has 6 bridgehead atoms. The number of thioether (sulfide) groups is 1. The minimum Gasteiger partial charge on any atom is -0.464 e. The number of aryl methyl sites for hydroxylation is 1. The van der Waals surface area contributed by atoms with Crippen LogP contribution >= 0.6 is 11.8 Å². The number of nitrogens with zero attached hydrogens (tertiary/aromatic N) is 6. The highest BCUT2D eigenvalue weighted by atomic mass is 32.2. The number of carbonyl (C=O) groups is 3. The Hall–Kier alpha value is -4.71. The third-order valence-corrected chi connectivity index (χ3v) is 16.4. The van der Waals surface area contributed by atoms with E-state index in [1.54, 1.807) is 25.1 Å². The summed E-state index contributed by atoms with van der Waals surface area (Å²) in [5.41, 5.74) is 11.2. The number of morpholine rings is 1. The number of nitrogens with one attached hydrogen (secondary N) is 2. The third-order valence-electron chi connectivity index (χ3n) is 15.3. The van der Waals surface area contributed by atoms with Crippen molar-refractivity contribution in [1.82, 2.24) is 35.2 Å². The Morgan fingerprint density at radius 1 is 1.06 bits per heavy atom. The third kappa shape index (κ3) is 9.73. The number of aliphatic imine (C=N–C) groups is 1. The fraction of sp³-hybridized carbons (Fsp3) is 0.585. The lowest BCUT2D eigenvalue weighted by atomic mass is 9.82. The van der Waals surface area contributed by atoms with Gasteiger partial charge in [0.05, 0.1) is 43.4 Å². The largest absolute Gasteiger partial charge is 0.464 e. The molecule has 0 spiro atoms. The number of hydrazine groups is 1. The lowest BCUT2D eigenvalue weighted by Gasteiger charge is -2.42. The minimum absolute atomic E-state index is 0.0293. The van der Waals surface area contributed by atoms with Gasteiger partial charge in [0.2, 0.25) is 5.91 Å². The Morgan fingerprint density at radius 3 is 2.72 bits per heavy atom. The normalized spacial score (nSPS) is 28.9. The maximum absolute atomic E-state index is 14.8. The molecule has 10 rings (SSSR count). The van der Waals surface area contributed by atoms with E-state index in [-0.39, 0.29) is 42.4 Å². The van der Waals surface area contributed by atoms with Crippen molar-refractivity contribution in [3.8, 4) is 11.3 Å². The minimum atomic E-state index is -1.10. The van der Waals surface area contributed by atoms with Gasteiger partial charge < -0.3 is 28.8 Å². The second-order valence-corrected chi connectivity index (χ2v) is 21.6. The van der Waals surface area contributed by atoms with Crippen LogP contribution in [0.15, 0.2) is 59.9 Å². The topological polar surface area (TPSA) is 162 Å². The van der Waals surface area contributed by atoms with Gasteiger partial charge >= 0.3 is 5.97 Å². The Morgan fingerprint density at radius 2 is 1.93 bits per heavy atom. The summed E-state index contributed by atoms with van der Waals surface area (Å²) in [7, 11) is 1.74. The highest BCUT2D eigenvalue weighted by molar-refractivity contribution is 8.14. The van der Waals surface area contributed by atoms with E-state index in [1.165, 1.54) is 10.6 Å². The van der Waals surface area contributed by atoms with Crippen LogP contribution in [0.3, 0.4) is 0 Å². The zero-order valence-corrected chi connectivity index (χ0v) is 41.8. The molecule has 16 heteroatoms. The molecule has 1 aromatic carbocycles. The molecular formula is C53H68N8O7S. The molecule has 1 saturated carbocycles. The van der Waals surface area contributed by atoms with Crippen LogP contribution < -0.4 is 10.7 Å². The van der Waals surface area contributed by atoms with E-state index < -0.39 is 29.6 Å². The maximum atomic E-state index is 14.8. The van der Waals surface area contributed by atoms with Crippen LogP contribution in [0, 0.1) is 11.3 Å². The molecule has 4 aromatic rings. The summed E-state index contributed by atoms with van der Waals surface area (Å²) in [5, 5.41) is 6.40. The molecule has 8 heterocycles. The quantitative estimate of drug-likeness (QED) is 0.159. The summed E-state index contributed by atoms with van der Waals surface area (Å²) >= 11 is 1.57. The second kappa shape index (κ2) is 20.2. The van der Waals surface area contributed by atoms with Gasteiger partial charge in [-0.1, -0.05) is 26.0 Å². The van der Waals surface area contributed by atoms with E-state index in [2.05, 4.69) is 83.4 Å². The van der Waals surface area contributed by atoms with Crippen molar-refractivity contribution in [2.24, 2.45) is 16.3 Å². The van der Waals surface area contributed by atoms with Gasteiger partial charge in [0, 0.05) is 97.0 Å². The lowest BCUT2D eigenvalue weighted by molar-refractivity contribution is -0.156. The number of hydrogen-bond donors (Lipinski definition) is 2. The predicted octanol–water partition coefficient (Wildman–Crippen LogP) is 6.90. The highest BCUT2D eigenvalue weighted by Crippen LogP contribution is 2.48. The van der Waals surface area contributed by atoms with Gasteiger partial charge in [0.1, 0.15) is 23.2 Å². The average Bonchev–Trinajstić information content (AvgIpc) is 3.94. The van der Waals surface area contributed by atoms with E-state index in [0.29, 0.717) is 61.6 Å². The number of rotatable bonds is 10. The Balaban J connectivity index is 1.07. The molecule has 69 heavy (non-hydrogen) atoms. The van der Waals surface area contributed by atoms with Crippen LogP contribution in [-0.2, 0) is 46.3 Å². The number of methoxy groups -OCH3 is 1. The first-order valence-electron chi connectivity index (χ1n) is 25.2. The molecule has 3 aromatic heterocycles. The molecule has 0 radical (unpaired) electrons. The summed E-state index contributed by atoms with van der Waals surface area (Å²) in [4.78, 5) is 60.8. The SMILES string of the molecule is CCO[C@@H]1C2=NC(CS2)c2ccc3c(c2)c(c(-c2cc([C@@H]4CCN5CCOCC5C4)cnc2[C@H](C)OC)n3CC)CC(C)(C)COC(=O)[C@@H]2CCCN(N2)C(=O)[C@H]1NC(=O)[C@H]1C[C@@H]1c1ccccn1. The maximum Gasteiger partial charge on any atom is 0.324 e. The first kappa shape index (κ1) is 47.9. The van der Waals surface area contributed by atoms with E-state index in [9.17, 15) is 14.4 Å². The Bertz CT molecular complexity index is 2590. The molecule has 6 aliphatic rings. The number of pyridine rings is 2. The smallest absolute Gasteiger partial charge is 0.324 e. The second-order valence-electron chi connectivity index (χ2n) is 20.5. The highest BCUT2D eigenvalue weighted by Gasteiger charge is 2.48. The molecule has 368 valence electrons. The molecular weight excluding hydrogens is 893 g/mol. The molecule has 2 unspecified atom stereocenters. The van der Waals surface area contributed by atoms with Crippen molar-refractivity contribution < 1.29 is 33.3 Å². The van der Waals surface area contributed by atoms with Gasteiger partial charge in [-0.2, -0.15) is 0 Å². The number of carbonyl (C=O) groups excluding carboxylic acids is 3. The molecule has 1 aliphatic carbocycles. The molecule has 2 N–H and O–H groups in total. The van der Waals surface area contributed by atoms with Crippen LogP contribution in [0.25, 0.3) is 22.2 Å². The van der Waals surface area contributed by atoms with Crippen LogP contribution in [-0.4, -0.2) is 130 Å². The molecule has 15 nitrogen and oxygen atoms in total. The van der Waals surface area contributed by atoms with Gasteiger partial charge in [-0.05, 0) is 119 Å². The number of ether oxygens (including phenoxy) is 4. The van der Waals surface area contributed by atoms with Crippen molar-refractivity contribution in [2.45, 2.75) is 128 Å². The van der Waals surface area contributed by atoms with Crippen molar-refractivity contribution in [1.29, 1.82) is 0 Å². The van der Waals surface area contributed by atoms with Crippen LogP contribution in [0.5, 0.6) is 0 Å². The van der Waals surface area contributed by atoms with E-state index in [0.717, 1.165) is 90.4 Å². The summed E-state index contributed by atoms with van der Waals surface area (Å²) < 4.78 is 27.1. The fourth-order valence-electron chi connectivity index (χ4n) is 11.4. The predicted molar refractivity (Wildman–Crippen MR) is 266 cm³/mol. The number of aromatic nitrogens is 3. The number of piperidine rings is 1. The summed E-state index contributed by atoms with van der Waals surface area (Å²) in [6.45, 7) is 15.6. The Labute approximate surface area is 409 Å². The molecule has 5 aliphatic heterocycles. The number of fused-ring (bicyclic) bond motifs is 6. The molecule has 3 saturated heterocycles. The van der Waals surface area contributed by atoms with E-state index in [1.807, 2.05) is 25.1 Å². The zero-order chi connectivity index (χ0) is 48.0. The fourth-order valence-corrected chi connectivity index (χ4v) is 12.6. The van der Waals surface area contributed by atoms with E-state index >= 15 is 0 Å². The number of cyclic esters (lactones) is 1. The van der Waals surface area contributed by atoms with Crippen LogP contribution in [0.4, 0.5) is 0 Å². The number of esters is 1. The van der Waals surface area contributed by atoms with Crippen LogP contribution in [0.1, 0.15) is 119 Å². The zero-order valence-electron chi connectivity index (χ0n) is 40.9. The lowest BCUT2D eigenvalue weighted by Crippen LogP contribution is -2.63. The number of amides is 2. The van der Waals surface area contributed by atoms with Gasteiger partial charge in [0.25, 0.3) is 5.91 Å². The number of hydrogen-bond acceptors (Lipinski definition) is 13. The van der Waals surface area contributed by atoms with Crippen molar-refractivity contribution in [2.75, 3.05) is 58.9 Å². The van der Waals surface area contributed by atoms with Gasteiger partial charge in [-0.3, -0.25) is 39.3 Å². The van der Waals surface area contributed by atoms with Crippen LogP contribution in [0.2, 0.25) is 0 Å². The molecule has 2 amide bonds. The van der Waals surface area contributed by atoms with Crippen molar-refractivity contribution in [3.05, 3.63) is 82.9 Å². The molecule has 4 fully saturated rings. The number of benzene rings is 1. The van der Waals surface area contributed by atoms with Gasteiger partial charge in [-0.15, -0.1) is 11.8 Å². The summed E-state index contributed by atoms with van der Waals surface area (Å²) in [5.74, 6) is -0.389. The van der Waals surface area contributed by atoms with Crippen molar-refractivity contribution in [3.63, 3.8) is 0 Å². The Kier molecular flexibility index (Phi) is 14.0. The van der Waals surface area contributed by atoms with E-state index in [4.69, 9.17) is 28.9 Å². The van der Waals surface area contributed by atoms with Gasteiger partial charge in [0.15, 0.2) is 0 Å². The van der Waals surface area contributed by atoms with Gasteiger partial charge in [-0.25, -0.2) is 5.43 Å². The first-order chi connectivity index (χ1) is 33.4. The first-order valence-corrected chi connectivity index (χ1v) is 26.2. The summed E-state index contributed by atoms with van der Waals surface area (Å²) in [6, 6.07) is 13.1. The standard InChI is InChI=1S/C53H68N8O7S/c1-7-60-44-15-14-33-23-37(44)40(47(60)39-24-34(27-55-45(39)31(3)65-6)32-16-19-59-20-21-66-28-35(59)22-32)26-53(4,5)30-68-52(64)42-13-11-18-61(58-42)51(63)46(48(67-8-2)50-56-43(33)29-69-50)57-49(62)38-25-36(38)41-12-9-10-17-54-41/h9-10,12,14-15,17,23-24,27,31-32,35-36,38,42-43,46,48,58H,7-8,11,13,16,18-22,25-26,28-30H2,1-6H3,(H,57,62)/t31-,32+,35?,36-,38-,42-,43?,46-,48-/m0/s1. The monoisotopic (exact) mass is 960 g/mol. The summed E-state index contributed by atoms with van der Waals surface area (Å²) in [6.07, 6.45) is 7.12. The average molecular weight is 961 g/mol.